The van der Waals surface area contributed by atoms with Gasteiger partial charge in [-0.3, -0.25) is 4.79 Å². The van der Waals surface area contributed by atoms with Crippen LogP contribution < -0.4 is 10.5 Å². The average molecular weight is 269 g/mol. The molecular formula is C10H11N3O4S. The van der Waals surface area contributed by atoms with E-state index in [-0.39, 0.29) is 10.5 Å². The van der Waals surface area contributed by atoms with Crippen molar-refractivity contribution < 1.29 is 18.3 Å². The first kappa shape index (κ1) is 14.1. The first-order valence-corrected chi connectivity index (χ1v) is 6.33. The number of aliphatic hydroxyl groups is 1. The molecule has 1 amide bonds. The Morgan fingerprint density at radius 1 is 1.50 bits per heavy atom. The highest BCUT2D eigenvalue weighted by molar-refractivity contribution is 7.89. The highest BCUT2D eigenvalue weighted by Crippen LogP contribution is 2.13. The maximum absolute atomic E-state index is 11.8. The molecule has 7 nitrogen and oxygen atoms in total. The maximum atomic E-state index is 11.8. The Labute approximate surface area is 104 Å². The van der Waals surface area contributed by atoms with Crippen molar-refractivity contribution in [1.29, 1.82) is 5.26 Å². The van der Waals surface area contributed by atoms with E-state index in [4.69, 9.17) is 16.1 Å². The summed E-state index contributed by atoms with van der Waals surface area (Å²) in [6.07, 6.45) is -1.62. The molecule has 1 aromatic carbocycles. The standard InChI is InChI=1S/C10H11N3O4S/c11-5-7-3-1-2-4-9(7)18(16,17)13-6-8(14)10(12)15/h1-4,8,13-14H,6H2,(H2,12,15). The van der Waals surface area contributed by atoms with Crippen LogP contribution in [-0.2, 0) is 14.8 Å². The third kappa shape index (κ3) is 3.27. The number of carbonyl (C=O) groups excluding carboxylic acids is 1. The monoisotopic (exact) mass is 269 g/mol. The van der Waals surface area contributed by atoms with Gasteiger partial charge in [-0.05, 0) is 12.1 Å². The molecule has 0 spiro atoms. The Kier molecular flexibility index (Phi) is 4.38. The van der Waals surface area contributed by atoms with Crippen LogP contribution in [0.3, 0.4) is 0 Å². The van der Waals surface area contributed by atoms with Crippen molar-refractivity contribution in [3.05, 3.63) is 29.8 Å². The lowest BCUT2D eigenvalue weighted by molar-refractivity contribution is -0.125. The molecule has 0 radical (unpaired) electrons. The van der Waals surface area contributed by atoms with Gasteiger partial charge in [-0.2, -0.15) is 5.26 Å². The molecule has 0 aliphatic carbocycles. The van der Waals surface area contributed by atoms with Crippen LogP contribution >= 0.6 is 0 Å². The van der Waals surface area contributed by atoms with Crippen LogP contribution in [0.2, 0.25) is 0 Å². The molecular weight excluding hydrogens is 258 g/mol. The lowest BCUT2D eigenvalue weighted by atomic mass is 10.2. The SMILES string of the molecule is N#Cc1ccccc1S(=O)(=O)NCC(O)C(N)=O. The van der Waals surface area contributed by atoms with Crippen LogP contribution in [0, 0.1) is 11.3 Å². The molecule has 1 aromatic rings. The second kappa shape index (κ2) is 5.59. The molecule has 4 N–H and O–H groups in total. The molecule has 0 aliphatic rings. The number of rotatable bonds is 5. The first-order chi connectivity index (χ1) is 8.38. The number of primary amides is 1. The van der Waals surface area contributed by atoms with Gasteiger partial charge in [0.15, 0.2) is 0 Å². The third-order valence-electron chi connectivity index (χ3n) is 2.09. The summed E-state index contributed by atoms with van der Waals surface area (Å²) in [4.78, 5) is 10.3. The van der Waals surface area contributed by atoms with Gasteiger partial charge in [-0.25, -0.2) is 13.1 Å². The van der Waals surface area contributed by atoms with Gasteiger partial charge in [0.05, 0.1) is 10.5 Å². The molecule has 1 unspecified atom stereocenters. The summed E-state index contributed by atoms with van der Waals surface area (Å²) in [5, 5.41) is 17.9. The van der Waals surface area contributed by atoms with Gasteiger partial charge in [-0.15, -0.1) is 0 Å². The summed E-state index contributed by atoms with van der Waals surface area (Å²) in [5.74, 6) is -1.04. The van der Waals surface area contributed by atoms with Crippen LogP contribution in [0.4, 0.5) is 0 Å². The van der Waals surface area contributed by atoms with Gasteiger partial charge >= 0.3 is 0 Å². The van der Waals surface area contributed by atoms with Gasteiger partial charge in [0.2, 0.25) is 15.9 Å². The largest absolute Gasteiger partial charge is 0.382 e. The van der Waals surface area contributed by atoms with E-state index >= 15 is 0 Å². The molecule has 18 heavy (non-hydrogen) atoms. The van der Waals surface area contributed by atoms with Crippen LogP contribution in [0.15, 0.2) is 29.2 Å². The van der Waals surface area contributed by atoms with Crippen molar-refractivity contribution in [1.82, 2.24) is 4.72 Å². The van der Waals surface area contributed by atoms with E-state index < -0.39 is 28.6 Å². The van der Waals surface area contributed by atoms with Crippen LogP contribution in [0.25, 0.3) is 0 Å². The fourth-order valence-electron chi connectivity index (χ4n) is 1.16. The second-order valence-corrected chi connectivity index (χ2v) is 5.11. The van der Waals surface area contributed by atoms with Gasteiger partial charge in [0.1, 0.15) is 12.2 Å². The lowest BCUT2D eigenvalue weighted by Crippen LogP contribution is -2.40. The zero-order valence-electron chi connectivity index (χ0n) is 9.20. The zero-order chi connectivity index (χ0) is 13.8. The Morgan fingerprint density at radius 3 is 2.67 bits per heavy atom. The lowest BCUT2D eigenvalue weighted by Gasteiger charge is -2.10. The fourth-order valence-corrected chi connectivity index (χ4v) is 2.35. The molecule has 0 heterocycles. The fraction of sp³-hybridized carbons (Fsp3) is 0.200. The van der Waals surface area contributed by atoms with Crippen molar-refractivity contribution in [2.24, 2.45) is 5.73 Å². The van der Waals surface area contributed by atoms with Gasteiger partial charge < -0.3 is 10.8 Å². The normalized spacial score (nSPS) is 12.7. The number of carbonyl (C=O) groups is 1. The van der Waals surface area contributed by atoms with Crippen molar-refractivity contribution >= 4 is 15.9 Å². The number of nitrogens with two attached hydrogens (primary N) is 1. The summed E-state index contributed by atoms with van der Waals surface area (Å²) in [5.41, 5.74) is 4.75. The molecule has 8 heteroatoms. The molecule has 0 aromatic heterocycles. The topological polar surface area (TPSA) is 133 Å². The highest BCUT2D eigenvalue weighted by atomic mass is 32.2. The molecule has 0 aliphatic heterocycles. The van der Waals surface area contributed by atoms with Crippen molar-refractivity contribution in [3.63, 3.8) is 0 Å². The minimum atomic E-state index is -3.97. The molecule has 0 bridgehead atoms. The smallest absolute Gasteiger partial charge is 0.247 e. The quantitative estimate of drug-likeness (QED) is 0.609. The number of nitrogens with one attached hydrogen (secondary N) is 1. The van der Waals surface area contributed by atoms with E-state index in [9.17, 15) is 13.2 Å². The van der Waals surface area contributed by atoms with E-state index in [2.05, 4.69) is 0 Å². The number of benzene rings is 1. The van der Waals surface area contributed by atoms with Crippen molar-refractivity contribution in [2.45, 2.75) is 11.0 Å². The average Bonchev–Trinajstić information content (AvgIpc) is 2.35. The minimum Gasteiger partial charge on any atom is -0.382 e. The highest BCUT2D eigenvalue weighted by Gasteiger charge is 2.20. The maximum Gasteiger partial charge on any atom is 0.247 e. The number of amides is 1. The molecule has 1 atom stereocenters. The van der Waals surface area contributed by atoms with E-state index in [0.29, 0.717) is 0 Å². The van der Waals surface area contributed by atoms with Crippen LogP contribution in [0.5, 0.6) is 0 Å². The summed E-state index contributed by atoms with van der Waals surface area (Å²) < 4.78 is 25.6. The number of hydrogen-bond acceptors (Lipinski definition) is 5. The van der Waals surface area contributed by atoms with Crippen LogP contribution in [0.1, 0.15) is 5.56 Å². The first-order valence-electron chi connectivity index (χ1n) is 4.84. The Bertz CT molecular complexity index is 591. The Balaban J connectivity index is 2.94. The third-order valence-corrected chi connectivity index (χ3v) is 3.57. The van der Waals surface area contributed by atoms with E-state index in [1.165, 1.54) is 24.3 Å². The molecule has 96 valence electrons. The number of aliphatic hydroxyl groups excluding tert-OH is 1. The van der Waals surface area contributed by atoms with Gasteiger partial charge in [0, 0.05) is 6.54 Å². The number of nitrogens with zero attached hydrogens (tertiary/aromatic N) is 1. The van der Waals surface area contributed by atoms with E-state index in [1.54, 1.807) is 6.07 Å². The summed E-state index contributed by atoms with van der Waals surface area (Å²) in [6, 6.07) is 7.31. The summed E-state index contributed by atoms with van der Waals surface area (Å²) >= 11 is 0. The van der Waals surface area contributed by atoms with Crippen molar-refractivity contribution in [3.8, 4) is 6.07 Å². The zero-order valence-corrected chi connectivity index (χ0v) is 10.0. The predicted octanol–water partition coefficient (Wildman–Crippen LogP) is -1.32. The van der Waals surface area contributed by atoms with E-state index in [0.717, 1.165) is 0 Å². The second-order valence-electron chi connectivity index (χ2n) is 3.38. The van der Waals surface area contributed by atoms with Crippen LogP contribution in [-0.4, -0.2) is 32.1 Å². The van der Waals surface area contributed by atoms with Gasteiger partial charge in [-0.1, -0.05) is 12.1 Å². The molecule has 0 saturated carbocycles. The molecule has 1 rings (SSSR count). The number of sulfonamides is 1. The van der Waals surface area contributed by atoms with Gasteiger partial charge in [0.25, 0.3) is 0 Å². The summed E-state index contributed by atoms with van der Waals surface area (Å²) in [6.45, 7) is -0.544. The number of hydrogen-bond donors (Lipinski definition) is 3. The van der Waals surface area contributed by atoms with Crippen molar-refractivity contribution in [2.75, 3.05) is 6.54 Å². The predicted molar refractivity (Wildman–Crippen MR) is 61.5 cm³/mol. The Morgan fingerprint density at radius 2 is 2.11 bits per heavy atom. The summed E-state index contributed by atoms with van der Waals surface area (Å²) in [7, 11) is -3.97. The Hall–Kier alpha value is -1.95. The molecule has 0 saturated heterocycles. The molecule has 0 fully saturated rings. The minimum absolute atomic E-state index is 0.0291. The number of nitriles is 1. The van der Waals surface area contributed by atoms with E-state index in [1.807, 2.05) is 4.72 Å².